The van der Waals surface area contributed by atoms with Crippen LogP contribution < -0.4 is 0 Å². The van der Waals surface area contributed by atoms with E-state index < -0.39 is 22.8 Å². The van der Waals surface area contributed by atoms with E-state index in [1.807, 2.05) is 0 Å². The topological polar surface area (TPSA) is 43.1 Å². The van der Waals surface area contributed by atoms with Crippen LogP contribution in [0.3, 0.4) is 0 Å². The highest BCUT2D eigenvalue weighted by atomic mass is 31.0. The number of halogens is 3. The molecule has 0 bridgehead atoms. The van der Waals surface area contributed by atoms with Crippen molar-refractivity contribution < 1.29 is 18.1 Å². The van der Waals surface area contributed by atoms with E-state index in [0.717, 1.165) is 0 Å². The highest BCUT2D eigenvalue weighted by molar-refractivity contribution is 7.18. The minimum Gasteiger partial charge on any atom is -0.264 e. The van der Waals surface area contributed by atoms with E-state index in [4.69, 9.17) is 0 Å². The summed E-state index contributed by atoms with van der Waals surface area (Å²) in [6.07, 6.45) is -4.69. The zero-order chi connectivity index (χ0) is 12.4. The summed E-state index contributed by atoms with van der Waals surface area (Å²) in [5.74, 6) is 0. The monoisotopic (exact) mass is 251 g/mol. The maximum absolute atomic E-state index is 12.8. The Labute approximate surface area is 92.0 Å². The van der Waals surface area contributed by atoms with Crippen LogP contribution in [0.4, 0.5) is 13.2 Å². The van der Waals surface area contributed by atoms with E-state index in [0.29, 0.717) is 0 Å². The lowest BCUT2D eigenvalue weighted by Gasteiger charge is -2.28. The van der Waals surface area contributed by atoms with Crippen molar-refractivity contribution in [2.75, 3.05) is 6.54 Å². The normalized spacial score (nSPS) is 15.5. The van der Waals surface area contributed by atoms with E-state index in [1.165, 1.54) is 24.3 Å². The molecule has 2 unspecified atom stereocenters. The molecule has 16 heavy (non-hydrogen) atoms. The minimum absolute atomic E-state index is 0.135. The average Bonchev–Trinajstić information content (AvgIpc) is 2.16. The molecule has 7 heteroatoms. The van der Waals surface area contributed by atoms with Gasteiger partial charge < -0.3 is 0 Å². The third kappa shape index (κ3) is 2.50. The zero-order valence-electron chi connectivity index (χ0n) is 8.07. The third-order valence-electron chi connectivity index (χ3n) is 2.17. The standard InChI is InChI=1S/C9H9F3NO2P/c10-9(11,12)8(16,6-13(14)15)7-4-2-1-3-5-7/h1-5H,6,16H2. The van der Waals surface area contributed by atoms with Crippen molar-refractivity contribution in [3.8, 4) is 0 Å². The molecule has 0 spiro atoms. The summed E-state index contributed by atoms with van der Waals surface area (Å²) in [4.78, 5) is 9.36. The van der Waals surface area contributed by atoms with Gasteiger partial charge in [-0.1, -0.05) is 30.3 Å². The van der Waals surface area contributed by atoms with Gasteiger partial charge in [-0.2, -0.15) is 13.2 Å². The highest BCUT2D eigenvalue weighted by Crippen LogP contribution is 2.46. The average molecular weight is 251 g/mol. The summed E-state index contributed by atoms with van der Waals surface area (Å²) in [5.41, 5.74) is -0.135. The summed E-state index contributed by atoms with van der Waals surface area (Å²) in [6, 6.07) is 6.84. The first kappa shape index (κ1) is 12.9. The van der Waals surface area contributed by atoms with Gasteiger partial charge in [-0.15, -0.1) is 9.24 Å². The molecule has 1 aromatic rings. The van der Waals surface area contributed by atoms with Gasteiger partial charge in [0.25, 0.3) is 0 Å². The molecule has 0 aliphatic carbocycles. The van der Waals surface area contributed by atoms with E-state index in [2.05, 4.69) is 0 Å². The molecule has 0 fully saturated rings. The van der Waals surface area contributed by atoms with Gasteiger partial charge in [0, 0.05) is 4.92 Å². The number of benzene rings is 1. The Morgan fingerprint density at radius 2 is 1.75 bits per heavy atom. The van der Waals surface area contributed by atoms with Crippen LogP contribution in [0.25, 0.3) is 0 Å². The smallest absolute Gasteiger partial charge is 0.264 e. The predicted octanol–water partition coefficient (Wildman–Crippen LogP) is 2.60. The Hall–Kier alpha value is -1.16. The molecule has 0 saturated carbocycles. The fourth-order valence-electron chi connectivity index (χ4n) is 1.28. The molecule has 0 N–H and O–H groups in total. The van der Waals surface area contributed by atoms with Crippen LogP contribution in [-0.2, 0) is 5.16 Å². The Balaban J connectivity index is 3.21. The van der Waals surface area contributed by atoms with Crippen molar-refractivity contribution in [1.82, 2.24) is 0 Å². The molecule has 0 radical (unpaired) electrons. The molecule has 2 atom stereocenters. The lowest BCUT2D eigenvalue weighted by atomic mass is 9.97. The van der Waals surface area contributed by atoms with E-state index >= 15 is 0 Å². The van der Waals surface area contributed by atoms with Gasteiger partial charge >= 0.3 is 6.18 Å². The van der Waals surface area contributed by atoms with Crippen LogP contribution in [0.15, 0.2) is 30.3 Å². The highest BCUT2D eigenvalue weighted by Gasteiger charge is 2.56. The second-order valence-corrected chi connectivity index (χ2v) is 4.31. The van der Waals surface area contributed by atoms with Crippen LogP contribution in [0, 0.1) is 10.1 Å². The second kappa shape index (κ2) is 4.37. The van der Waals surface area contributed by atoms with Crippen molar-refractivity contribution in [3.63, 3.8) is 0 Å². The molecule has 0 amide bonds. The van der Waals surface area contributed by atoms with Crippen molar-refractivity contribution >= 4 is 9.24 Å². The Morgan fingerprint density at radius 1 is 1.25 bits per heavy atom. The van der Waals surface area contributed by atoms with Gasteiger partial charge in [0.05, 0.1) is 0 Å². The molecular weight excluding hydrogens is 242 g/mol. The number of alkyl halides is 3. The first-order valence-electron chi connectivity index (χ1n) is 4.30. The molecule has 0 aliphatic heterocycles. The first-order valence-corrected chi connectivity index (χ1v) is 4.88. The van der Waals surface area contributed by atoms with E-state index in [1.54, 1.807) is 15.3 Å². The van der Waals surface area contributed by atoms with Gasteiger partial charge in [0.2, 0.25) is 6.54 Å². The molecule has 0 aliphatic rings. The lowest BCUT2D eigenvalue weighted by Crippen LogP contribution is -2.42. The Bertz CT molecular complexity index is 382. The summed E-state index contributed by atoms with van der Waals surface area (Å²) in [5, 5.41) is 7.80. The molecule has 88 valence electrons. The quantitative estimate of drug-likeness (QED) is 0.470. The number of hydrogen-bond donors (Lipinski definition) is 0. The Kier molecular flexibility index (Phi) is 3.53. The van der Waals surface area contributed by atoms with Crippen molar-refractivity contribution in [2.45, 2.75) is 11.3 Å². The van der Waals surface area contributed by atoms with E-state index in [9.17, 15) is 23.3 Å². The van der Waals surface area contributed by atoms with Crippen LogP contribution in [-0.4, -0.2) is 17.6 Å². The van der Waals surface area contributed by atoms with Gasteiger partial charge in [0.1, 0.15) is 0 Å². The predicted molar refractivity (Wildman–Crippen MR) is 55.7 cm³/mol. The molecule has 0 saturated heterocycles. The lowest BCUT2D eigenvalue weighted by molar-refractivity contribution is -0.494. The van der Waals surface area contributed by atoms with Crippen molar-refractivity contribution in [3.05, 3.63) is 46.0 Å². The molecule has 3 nitrogen and oxygen atoms in total. The largest absolute Gasteiger partial charge is 0.408 e. The molecule has 1 aromatic carbocycles. The van der Waals surface area contributed by atoms with Crippen molar-refractivity contribution in [1.29, 1.82) is 0 Å². The maximum atomic E-state index is 12.8. The van der Waals surface area contributed by atoms with Crippen LogP contribution in [0.2, 0.25) is 0 Å². The van der Waals surface area contributed by atoms with Gasteiger partial charge in [-0.3, -0.25) is 10.1 Å². The van der Waals surface area contributed by atoms with E-state index in [-0.39, 0.29) is 5.56 Å². The maximum Gasteiger partial charge on any atom is 0.408 e. The minimum atomic E-state index is -4.69. The fraction of sp³-hybridized carbons (Fsp3) is 0.333. The molecule has 0 aromatic heterocycles. The second-order valence-electron chi connectivity index (χ2n) is 3.33. The summed E-state index contributed by atoms with van der Waals surface area (Å²) < 4.78 is 38.5. The number of hydrogen-bond acceptors (Lipinski definition) is 2. The molecular formula is C9H9F3NO2P. The molecule has 0 heterocycles. The number of nitrogens with zero attached hydrogens (tertiary/aromatic N) is 1. The van der Waals surface area contributed by atoms with Crippen molar-refractivity contribution in [2.24, 2.45) is 0 Å². The molecule has 1 rings (SSSR count). The number of rotatable bonds is 3. The van der Waals surface area contributed by atoms with Crippen LogP contribution in [0.1, 0.15) is 5.56 Å². The summed E-state index contributed by atoms with van der Waals surface area (Å²) >= 11 is 0. The van der Waals surface area contributed by atoms with Crippen LogP contribution >= 0.6 is 9.24 Å². The SMILES string of the molecule is O=[N+]([O-])CC(P)(c1ccccc1)C(F)(F)F. The number of nitro groups is 1. The third-order valence-corrected chi connectivity index (χ3v) is 3.02. The van der Waals surface area contributed by atoms with Crippen LogP contribution in [0.5, 0.6) is 0 Å². The summed E-state index contributed by atoms with van der Waals surface area (Å²) in [6.45, 7) is -1.20. The fourth-order valence-corrected chi connectivity index (χ4v) is 1.63. The summed E-state index contributed by atoms with van der Waals surface area (Å²) in [7, 11) is 1.55. The Morgan fingerprint density at radius 3 is 2.12 bits per heavy atom. The van der Waals surface area contributed by atoms with Gasteiger partial charge in [-0.05, 0) is 5.56 Å². The first-order chi connectivity index (χ1) is 7.27. The van der Waals surface area contributed by atoms with Gasteiger partial charge in [0.15, 0.2) is 5.16 Å². The zero-order valence-corrected chi connectivity index (χ0v) is 9.22. The van der Waals surface area contributed by atoms with Gasteiger partial charge in [-0.25, -0.2) is 0 Å².